The number of hydrogen-bond acceptors (Lipinski definition) is 2. The molecule has 0 aromatic heterocycles. The second-order valence-electron chi connectivity index (χ2n) is 5.25. The van der Waals surface area contributed by atoms with Gasteiger partial charge in [0.15, 0.2) is 0 Å². The van der Waals surface area contributed by atoms with E-state index in [1.54, 1.807) is 19.1 Å². The summed E-state index contributed by atoms with van der Waals surface area (Å²) in [4.78, 5) is 24.5. The van der Waals surface area contributed by atoms with E-state index in [-0.39, 0.29) is 36.6 Å². The quantitative estimate of drug-likeness (QED) is 0.871. The van der Waals surface area contributed by atoms with Gasteiger partial charge in [0.25, 0.3) is 0 Å². The van der Waals surface area contributed by atoms with Crippen LogP contribution in [0.2, 0.25) is 0 Å². The molecule has 0 fully saturated rings. The van der Waals surface area contributed by atoms with Crippen LogP contribution < -0.4 is 0 Å². The summed E-state index contributed by atoms with van der Waals surface area (Å²) in [6.07, 6.45) is 0. The Kier molecular flexibility index (Phi) is 5.67. The van der Waals surface area contributed by atoms with Gasteiger partial charge in [-0.1, -0.05) is 32.9 Å². The van der Waals surface area contributed by atoms with E-state index in [0.29, 0.717) is 5.56 Å². The van der Waals surface area contributed by atoms with Crippen LogP contribution in [0.1, 0.15) is 26.3 Å². The van der Waals surface area contributed by atoms with Gasteiger partial charge in [-0.2, -0.15) is 0 Å². The summed E-state index contributed by atoms with van der Waals surface area (Å²) in [6, 6.07) is 5.70. The Morgan fingerprint density at radius 1 is 1.20 bits per heavy atom. The van der Waals surface area contributed by atoms with Crippen LogP contribution in [0.25, 0.3) is 0 Å². The van der Waals surface area contributed by atoms with Crippen LogP contribution in [-0.2, 0) is 16.1 Å². The van der Waals surface area contributed by atoms with Gasteiger partial charge >= 0.3 is 5.97 Å². The number of carbonyl (C=O) groups excluding carboxylic acids is 1. The Bertz CT molecular complexity index is 471. The van der Waals surface area contributed by atoms with E-state index < -0.39 is 5.97 Å². The minimum absolute atomic E-state index is 0.131. The largest absolute Gasteiger partial charge is 0.480 e. The highest BCUT2D eigenvalue weighted by atomic mass is 19.1. The van der Waals surface area contributed by atoms with Gasteiger partial charge in [0, 0.05) is 12.5 Å². The van der Waals surface area contributed by atoms with Crippen LogP contribution >= 0.6 is 0 Å². The Labute approximate surface area is 118 Å². The van der Waals surface area contributed by atoms with Crippen molar-refractivity contribution in [3.63, 3.8) is 0 Å². The van der Waals surface area contributed by atoms with E-state index in [1.807, 2.05) is 13.8 Å². The third kappa shape index (κ3) is 4.64. The predicted octanol–water partition coefficient (Wildman–Crippen LogP) is 2.53. The van der Waals surface area contributed by atoms with Crippen LogP contribution in [0, 0.1) is 17.7 Å². The van der Waals surface area contributed by atoms with Gasteiger partial charge in [-0.25, -0.2) is 4.39 Å². The standard InChI is InChI=1S/C15H20FNO3/c1-10(2)11(3)15(20)17(9-14(18)19)8-12-4-6-13(16)7-5-12/h4-7,10-11H,8-9H2,1-3H3,(H,18,19). The highest BCUT2D eigenvalue weighted by molar-refractivity contribution is 5.83. The molecule has 1 amide bonds. The van der Waals surface area contributed by atoms with Crippen molar-refractivity contribution in [3.05, 3.63) is 35.6 Å². The number of carboxylic acids is 1. The van der Waals surface area contributed by atoms with Crippen LogP contribution in [0.5, 0.6) is 0 Å². The molecule has 0 aliphatic rings. The molecule has 1 unspecified atom stereocenters. The first-order valence-electron chi connectivity index (χ1n) is 6.56. The molecule has 0 spiro atoms. The number of nitrogens with zero attached hydrogens (tertiary/aromatic N) is 1. The van der Waals surface area contributed by atoms with Gasteiger partial charge in [-0.05, 0) is 23.6 Å². The average molecular weight is 281 g/mol. The Morgan fingerprint density at radius 3 is 2.20 bits per heavy atom. The number of hydrogen-bond donors (Lipinski definition) is 1. The van der Waals surface area contributed by atoms with Crippen LogP contribution in [-0.4, -0.2) is 28.4 Å². The fraction of sp³-hybridized carbons (Fsp3) is 0.467. The van der Waals surface area contributed by atoms with E-state index in [1.165, 1.54) is 17.0 Å². The molecule has 4 nitrogen and oxygen atoms in total. The Hall–Kier alpha value is -1.91. The molecule has 0 saturated heterocycles. The second-order valence-corrected chi connectivity index (χ2v) is 5.25. The topological polar surface area (TPSA) is 57.6 Å². The van der Waals surface area contributed by atoms with Crippen molar-refractivity contribution in [1.29, 1.82) is 0 Å². The van der Waals surface area contributed by atoms with Crippen molar-refractivity contribution in [2.45, 2.75) is 27.3 Å². The predicted molar refractivity (Wildman–Crippen MR) is 73.5 cm³/mol. The van der Waals surface area contributed by atoms with Gasteiger partial charge in [-0.15, -0.1) is 0 Å². The van der Waals surface area contributed by atoms with Crippen LogP contribution in [0.15, 0.2) is 24.3 Å². The number of carboxylic acid groups (broad SMARTS) is 1. The molecule has 1 N–H and O–H groups in total. The zero-order valence-electron chi connectivity index (χ0n) is 12.0. The number of aliphatic carboxylic acids is 1. The molecule has 0 radical (unpaired) electrons. The first kappa shape index (κ1) is 16.1. The highest BCUT2D eigenvalue weighted by Crippen LogP contribution is 2.16. The molecule has 0 heterocycles. The summed E-state index contributed by atoms with van der Waals surface area (Å²) >= 11 is 0. The molecular weight excluding hydrogens is 261 g/mol. The van der Waals surface area contributed by atoms with Crippen molar-refractivity contribution in [2.24, 2.45) is 11.8 Å². The first-order valence-corrected chi connectivity index (χ1v) is 6.56. The number of amides is 1. The molecule has 110 valence electrons. The van der Waals surface area contributed by atoms with Crippen molar-refractivity contribution in [2.75, 3.05) is 6.54 Å². The lowest BCUT2D eigenvalue weighted by Gasteiger charge is -2.26. The van der Waals surface area contributed by atoms with Gasteiger partial charge in [0.05, 0.1) is 0 Å². The fourth-order valence-corrected chi connectivity index (χ4v) is 1.76. The molecule has 1 atom stereocenters. The minimum atomic E-state index is -1.06. The van der Waals surface area contributed by atoms with E-state index in [0.717, 1.165) is 0 Å². The third-order valence-electron chi connectivity index (χ3n) is 3.31. The molecule has 20 heavy (non-hydrogen) atoms. The lowest BCUT2D eigenvalue weighted by Crippen LogP contribution is -2.39. The Morgan fingerprint density at radius 2 is 1.75 bits per heavy atom. The summed E-state index contributed by atoms with van der Waals surface area (Å²) in [5, 5.41) is 8.92. The summed E-state index contributed by atoms with van der Waals surface area (Å²) < 4.78 is 12.9. The van der Waals surface area contributed by atoms with E-state index >= 15 is 0 Å². The molecule has 0 saturated carbocycles. The number of rotatable bonds is 6. The summed E-state index contributed by atoms with van der Waals surface area (Å²) in [6.45, 7) is 5.43. The fourth-order valence-electron chi connectivity index (χ4n) is 1.76. The SMILES string of the molecule is CC(C)C(C)C(=O)N(CC(=O)O)Cc1ccc(F)cc1. The number of halogens is 1. The molecule has 1 rings (SSSR count). The lowest BCUT2D eigenvalue weighted by molar-refractivity contribution is -0.147. The van der Waals surface area contributed by atoms with Crippen molar-refractivity contribution in [3.8, 4) is 0 Å². The highest BCUT2D eigenvalue weighted by Gasteiger charge is 2.24. The maximum absolute atomic E-state index is 12.9. The molecular formula is C15H20FNO3. The summed E-state index contributed by atoms with van der Waals surface area (Å²) in [5.41, 5.74) is 0.706. The van der Waals surface area contributed by atoms with E-state index in [2.05, 4.69) is 0 Å². The zero-order chi connectivity index (χ0) is 15.3. The number of carbonyl (C=O) groups is 2. The van der Waals surface area contributed by atoms with E-state index in [4.69, 9.17) is 5.11 Å². The van der Waals surface area contributed by atoms with E-state index in [9.17, 15) is 14.0 Å². The smallest absolute Gasteiger partial charge is 0.323 e. The molecule has 1 aromatic rings. The van der Waals surface area contributed by atoms with Gasteiger partial charge in [0.1, 0.15) is 12.4 Å². The first-order chi connectivity index (χ1) is 9.31. The second kappa shape index (κ2) is 7.03. The maximum atomic E-state index is 12.9. The summed E-state index contributed by atoms with van der Waals surface area (Å²) in [5.74, 6) is -1.75. The van der Waals surface area contributed by atoms with Crippen LogP contribution in [0.3, 0.4) is 0 Å². The van der Waals surface area contributed by atoms with Gasteiger partial charge in [0.2, 0.25) is 5.91 Å². The van der Waals surface area contributed by atoms with Crippen LogP contribution in [0.4, 0.5) is 4.39 Å². The molecule has 0 aliphatic heterocycles. The average Bonchev–Trinajstić information content (AvgIpc) is 2.38. The molecule has 0 bridgehead atoms. The molecule has 5 heteroatoms. The maximum Gasteiger partial charge on any atom is 0.323 e. The van der Waals surface area contributed by atoms with Crippen molar-refractivity contribution >= 4 is 11.9 Å². The molecule has 0 aliphatic carbocycles. The Balaban J connectivity index is 2.86. The van der Waals surface area contributed by atoms with Crippen molar-refractivity contribution < 1.29 is 19.1 Å². The minimum Gasteiger partial charge on any atom is -0.480 e. The monoisotopic (exact) mass is 281 g/mol. The normalized spacial score (nSPS) is 12.2. The summed E-state index contributed by atoms with van der Waals surface area (Å²) in [7, 11) is 0. The lowest BCUT2D eigenvalue weighted by atomic mass is 9.96. The van der Waals surface area contributed by atoms with Gasteiger partial charge in [-0.3, -0.25) is 9.59 Å². The van der Waals surface area contributed by atoms with Gasteiger partial charge < -0.3 is 10.0 Å². The third-order valence-corrected chi connectivity index (χ3v) is 3.31. The molecule has 1 aromatic carbocycles. The van der Waals surface area contributed by atoms with Crippen molar-refractivity contribution in [1.82, 2.24) is 4.90 Å². The number of benzene rings is 1. The zero-order valence-corrected chi connectivity index (χ0v) is 12.0.